The van der Waals surface area contributed by atoms with Crippen LogP contribution in [-0.2, 0) is 6.42 Å². The molecule has 0 radical (unpaired) electrons. The molecule has 0 saturated carbocycles. The van der Waals surface area contributed by atoms with Crippen LogP contribution in [0.5, 0.6) is 0 Å². The summed E-state index contributed by atoms with van der Waals surface area (Å²) in [4.78, 5) is 16.6. The second kappa shape index (κ2) is 5.23. The zero-order valence-electron chi connectivity index (χ0n) is 9.53. The first-order chi connectivity index (χ1) is 8.16. The molecule has 92 valence electrons. The molecular formula is C12H15FN2O2. The molecule has 0 aliphatic carbocycles. The predicted molar refractivity (Wildman–Crippen MR) is 60.5 cm³/mol. The first kappa shape index (κ1) is 12.0. The molecule has 1 aromatic rings. The van der Waals surface area contributed by atoms with Crippen molar-refractivity contribution in [3.63, 3.8) is 0 Å². The lowest BCUT2D eigenvalue weighted by molar-refractivity contribution is 0.0690. The Labute approximate surface area is 99.1 Å². The van der Waals surface area contributed by atoms with E-state index in [1.807, 2.05) is 0 Å². The molecule has 1 saturated heterocycles. The van der Waals surface area contributed by atoms with E-state index in [4.69, 9.17) is 5.11 Å². The molecule has 0 amide bonds. The molecule has 17 heavy (non-hydrogen) atoms. The van der Waals surface area contributed by atoms with Crippen LogP contribution in [-0.4, -0.2) is 40.6 Å². The fourth-order valence-electron chi connectivity index (χ4n) is 2.05. The van der Waals surface area contributed by atoms with Crippen molar-refractivity contribution in [1.29, 1.82) is 0 Å². The van der Waals surface area contributed by atoms with Crippen LogP contribution in [0.4, 0.5) is 4.39 Å². The molecule has 1 fully saturated rings. The van der Waals surface area contributed by atoms with Crippen LogP contribution >= 0.6 is 0 Å². The van der Waals surface area contributed by atoms with Gasteiger partial charge in [-0.25, -0.2) is 9.78 Å². The molecular weight excluding hydrogens is 223 g/mol. The zero-order chi connectivity index (χ0) is 12.3. The molecule has 1 N–H and O–H groups in total. The van der Waals surface area contributed by atoms with Crippen LogP contribution in [0.15, 0.2) is 12.1 Å². The summed E-state index contributed by atoms with van der Waals surface area (Å²) in [5.41, 5.74) is 0.245. The van der Waals surface area contributed by atoms with E-state index in [0.717, 1.165) is 19.6 Å². The smallest absolute Gasteiger partial charge is 0.340 e. The van der Waals surface area contributed by atoms with Gasteiger partial charge in [-0.05, 0) is 38.1 Å². The summed E-state index contributed by atoms with van der Waals surface area (Å²) in [6.07, 6.45) is 3.11. The lowest BCUT2D eigenvalue weighted by atomic mass is 10.2. The Bertz CT molecular complexity index is 417. The van der Waals surface area contributed by atoms with Crippen molar-refractivity contribution in [1.82, 2.24) is 9.88 Å². The second-order valence-electron chi connectivity index (χ2n) is 4.24. The Morgan fingerprint density at radius 2 is 2.12 bits per heavy atom. The maximum absolute atomic E-state index is 13.3. The van der Waals surface area contributed by atoms with Gasteiger partial charge in [-0.3, -0.25) is 0 Å². The van der Waals surface area contributed by atoms with Crippen molar-refractivity contribution in [3.8, 4) is 0 Å². The highest BCUT2D eigenvalue weighted by molar-refractivity contribution is 5.87. The average molecular weight is 238 g/mol. The first-order valence-corrected chi connectivity index (χ1v) is 5.78. The summed E-state index contributed by atoms with van der Waals surface area (Å²) in [5.74, 6) is -2.17. The highest BCUT2D eigenvalue weighted by Gasteiger charge is 2.14. The fourth-order valence-corrected chi connectivity index (χ4v) is 2.05. The highest BCUT2D eigenvalue weighted by Crippen LogP contribution is 2.10. The molecule has 0 bridgehead atoms. The normalized spacial score (nSPS) is 16.3. The van der Waals surface area contributed by atoms with Gasteiger partial charge in [0, 0.05) is 18.7 Å². The van der Waals surface area contributed by atoms with Crippen LogP contribution in [0, 0.1) is 5.95 Å². The van der Waals surface area contributed by atoms with Gasteiger partial charge >= 0.3 is 5.97 Å². The van der Waals surface area contributed by atoms with E-state index in [1.54, 1.807) is 6.07 Å². The summed E-state index contributed by atoms with van der Waals surface area (Å²) >= 11 is 0. The van der Waals surface area contributed by atoms with E-state index in [1.165, 1.54) is 18.9 Å². The second-order valence-corrected chi connectivity index (χ2v) is 4.24. The number of carboxylic acid groups (broad SMARTS) is 1. The maximum Gasteiger partial charge on any atom is 0.340 e. The van der Waals surface area contributed by atoms with Gasteiger partial charge in [-0.2, -0.15) is 4.39 Å². The SMILES string of the molecule is O=C(O)c1ccc(CCN2CCCC2)nc1F. The monoisotopic (exact) mass is 238 g/mol. The molecule has 0 unspecified atom stereocenters. The topological polar surface area (TPSA) is 53.4 Å². The molecule has 4 nitrogen and oxygen atoms in total. The zero-order valence-corrected chi connectivity index (χ0v) is 9.53. The van der Waals surface area contributed by atoms with Gasteiger partial charge in [0.25, 0.3) is 0 Å². The quantitative estimate of drug-likeness (QED) is 0.809. The molecule has 2 heterocycles. The Morgan fingerprint density at radius 3 is 2.71 bits per heavy atom. The third-order valence-corrected chi connectivity index (χ3v) is 3.02. The number of halogens is 1. The summed E-state index contributed by atoms with van der Waals surface area (Å²) in [6.45, 7) is 3.05. The average Bonchev–Trinajstić information content (AvgIpc) is 2.78. The molecule has 0 atom stereocenters. The lowest BCUT2D eigenvalue weighted by Gasteiger charge is -2.13. The molecule has 1 aromatic heterocycles. The standard InChI is InChI=1S/C12H15FN2O2/c13-11-10(12(16)17)4-3-9(14-11)5-8-15-6-1-2-7-15/h3-4H,1-2,5-8H2,(H,16,17). The van der Waals surface area contributed by atoms with E-state index < -0.39 is 11.9 Å². The molecule has 0 spiro atoms. The minimum Gasteiger partial charge on any atom is -0.478 e. The van der Waals surface area contributed by atoms with Crippen LogP contribution in [0.3, 0.4) is 0 Å². The molecule has 2 rings (SSSR count). The van der Waals surface area contributed by atoms with Crippen LogP contribution in [0.1, 0.15) is 28.9 Å². The Morgan fingerprint density at radius 1 is 1.41 bits per heavy atom. The van der Waals surface area contributed by atoms with Crippen LogP contribution < -0.4 is 0 Å². The van der Waals surface area contributed by atoms with Crippen molar-refractivity contribution in [2.75, 3.05) is 19.6 Å². The van der Waals surface area contributed by atoms with E-state index in [-0.39, 0.29) is 5.56 Å². The van der Waals surface area contributed by atoms with Gasteiger partial charge in [-0.1, -0.05) is 0 Å². The largest absolute Gasteiger partial charge is 0.478 e. The number of nitrogens with zero attached hydrogens (tertiary/aromatic N) is 2. The van der Waals surface area contributed by atoms with Crippen molar-refractivity contribution < 1.29 is 14.3 Å². The van der Waals surface area contributed by atoms with Crippen molar-refractivity contribution in [2.24, 2.45) is 0 Å². The minimum atomic E-state index is -1.28. The highest BCUT2D eigenvalue weighted by atomic mass is 19.1. The van der Waals surface area contributed by atoms with Crippen molar-refractivity contribution in [3.05, 3.63) is 29.3 Å². The van der Waals surface area contributed by atoms with Crippen LogP contribution in [0.25, 0.3) is 0 Å². The van der Waals surface area contributed by atoms with E-state index >= 15 is 0 Å². The number of pyridine rings is 1. The van der Waals surface area contributed by atoms with Crippen molar-refractivity contribution in [2.45, 2.75) is 19.3 Å². The number of aromatic nitrogens is 1. The number of hydrogen-bond donors (Lipinski definition) is 1. The summed E-state index contributed by atoms with van der Waals surface area (Å²) in [5, 5.41) is 8.67. The van der Waals surface area contributed by atoms with E-state index in [9.17, 15) is 9.18 Å². The number of likely N-dealkylation sites (tertiary alicyclic amines) is 1. The number of aromatic carboxylic acids is 1. The van der Waals surface area contributed by atoms with Gasteiger partial charge in [0.1, 0.15) is 5.56 Å². The van der Waals surface area contributed by atoms with Gasteiger partial charge < -0.3 is 10.0 Å². The molecule has 5 heteroatoms. The summed E-state index contributed by atoms with van der Waals surface area (Å²) < 4.78 is 13.3. The minimum absolute atomic E-state index is 0.366. The fraction of sp³-hybridized carbons (Fsp3) is 0.500. The third-order valence-electron chi connectivity index (χ3n) is 3.02. The molecule has 0 aromatic carbocycles. The van der Waals surface area contributed by atoms with Gasteiger partial charge in [-0.15, -0.1) is 0 Å². The van der Waals surface area contributed by atoms with Gasteiger partial charge in [0.2, 0.25) is 5.95 Å². The third kappa shape index (κ3) is 3.00. The first-order valence-electron chi connectivity index (χ1n) is 5.78. The Kier molecular flexibility index (Phi) is 3.68. The van der Waals surface area contributed by atoms with Gasteiger partial charge in [0.05, 0.1) is 0 Å². The Balaban J connectivity index is 1.97. The molecule has 1 aliphatic rings. The van der Waals surface area contributed by atoms with E-state index in [2.05, 4.69) is 9.88 Å². The summed E-state index contributed by atoms with van der Waals surface area (Å²) in [7, 11) is 0. The molecule has 1 aliphatic heterocycles. The summed E-state index contributed by atoms with van der Waals surface area (Å²) in [6, 6.07) is 2.87. The predicted octanol–water partition coefficient (Wildman–Crippen LogP) is 1.56. The van der Waals surface area contributed by atoms with E-state index in [0.29, 0.717) is 12.1 Å². The maximum atomic E-state index is 13.3. The number of rotatable bonds is 4. The van der Waals surface area contributed by atoms with Crippen LogP contribution in [0.2, 0.25) is 0 Å². The lowest BCUT2D eigenvalue weighted by Crippen LogP contribution is -2.22. The number of hydrogen-bond acceptors (Lipinski definition) is 3. The number of carboxylic acids is 1. The Hall–Kier alpha value is -1.49. The number of carbonyl (C=O) groups is 1. The van der Waals surface area contributed by atoms with Gasteiger partial charge in [0.15, 0.2) is 0 Å². The van der Waals surface area contributed by atoms with Crippen molar-refractivity contribution >= 4 is 5.97 Å².